The summed E-state index contributed by atoms with van der Waals surface area (Å²) in [6, 6.07) is 9.41. The van der Waals surface area contributed by atoms with Gasteiger partial charge in [0.1, 0.15) is 0 Å². The van der Waals surface area contributed by atoms with Gasteiger partial charge in [-0.15, -0.1) is 0 Å². The normalized spacial score (nSPS) is 25.6. The fraction of sp³-hybridized carbons (Fsp3) is 0.474. The third-order valence-corrected chi connectivity index (χ3v) is 5.79. The van der Waals surface area contributed by atoms with E-state index in [4.69, 9.17) is 0 Å². The van der Waals surface area contributed by atoms with Crippen LogP contribution >= 0.6 is 0 Å². The molecule has 3 heterocycles. The van der Waals surface area contributed by atoms with Gasteiger partial charge in [-0.2, -0.15) is 0 Å². The molecule has 2 heteroatoms. The number of nitrogens with one attached hydrogen (secondary N) is 1. The molecule has 1 unspecified atom stereocenters. The molecule has 1 aromatic heterocycles. The zero-order valence-electron chi connectivity index (χ0n) is 12.5. The minimum atomic E-state index is 0.560. The van der Waals surface area contributed by atoms with Gasteiger partial charge in [-0.1, -0.05) is 23.8 Å². The van der Waals surface area contributed by atoms with E-state index in [2.05, 4.69) is 34.1 Å². The number of rotatable bonds is 0. The summed E-state index contributed by atoms with van der Waals surface area (Å²) >= 11 is 0. The highest BCUT2D eigenvalue weighted by Gasteiger charge is 2.36. The number of hydrogen-bond acceptors (Lipinski definition) is 1. The molecule has 0 amide bonds. The van der Waals surface area contributed by atoms with Gasteiger partial charge in [-0.25, -0.2) is 0 Å². The van der Waals surface area contributed by atoms with E-state index in [1.165, 1.54) is 68.2 Å². The molecule has 1 N–H and O–H groups in total. The molecule has 2 nitrogen and oxygen atoms in total. The molecule has 0 saturated carbocycles. The first-order valence-electron chi connectivity index (χ1n) is 8.46. The molecule has 0 spiro atoms. The third kappa shape index (κ3) is 1.69. The van der Waals surface area contributed by atoms with Gasteiger partial charge >= 0.3 is 0 Å². The molecule has 0 radical (unpaired) electrons. The maximum absolute atomic E-state index is 3.77. The van der Waals surface area contributed by atoms with Crippen molar-refractivity contribution < 1.29 is 0 Å². The monoisotopic (exact) mass is 278 g/mol. The number of para-hydroxylation sites is 1. The Bertz CT molecular complexity index is 737. The fourth-order valence-electron chi connectivity index (χ4n) is 4.81. The van der Waals surface area contributed by atoms with Crippen molar-refractivity contribution in [3.63, 3.8) is 0 Å². The first-order valence-corrected chi connectivity index (χ1v) is 8.46. The van der Waals surface area contributed by atoms with Crippen LogP contribution in [0, 0.1) is 0 Å². The summed E-state index contributed by atoms with van der Waals surface area (Å²) in [5.41, 5.74) is 7.98. The van der Waals surface area contributed by atoms with Crippen molar-refractivity contribution in [1.82, 2.24) is 9.88 Å². The van der Waals surface area contributed by atoms with Gasteiger partial charge in [0.25, 0.3) is 0 Å². The predicted octanol–water partition coefficient (Wildman–Crippen LogP) is 4.34. The fourth-order valence-corrected chi connectivity index (χ4v) is 4.81. The zero-order chi connectivity index (χ0) is 13.8. The number of nitrogens with zero attached hydrogens (tertiary/aromatic N) is 1. The SMILES string of the molecule is c1ccc2c3c([nH]c2c1)C1C2=C(CCCC2)CCN1CC3. The highest BCUT2D eigenvalue weighted by molar-refractivity contribution is 5.85. The average molecular weight is 278 g/mol. The molecule has 3 aliphatic rings. The van der Waals surface area contributed by atoms with Gasteiger partial charge in [0.15, 0.2) is 0 Å². The standard InChI is InChI=1S/C19H22N2/c1-2-6-14-13(5-1)9-11-21-12-10-16-15-7-3-4-8-17(15)20-18(16)19(14)21/h3-4,7-8,19-20H,1-2,5-6,9-12H2. The summed E-state index contributed by atoms with van der Waals surface area (Å²) in [4.78, 5) is 6.50. The van der Waals surface area contributed by atoms with Crippen molar-refractivity contribution in [1.29, 1.82) is 0 Å². The van der Waals surface area contributed by atoms with Crippen molar-refractivity contribution >= 4 is 10.9 Å². The van der Waals surface area contributed by atoms with E-state index in [1.807, 2.05) is 0 Å². The Morgan fingerprint density at radius 2 is 1.81 bits per heavy atom. The van der Waals surface area contributed by atoms with E-state index in [0.717, 1.165) is 0 Å². The van der Waals surface area contributed by atoms with Gasteiger partial charge in [0.05, 0.1) is 6.04 Å². The summed E-state index contributed by atoms with van der Waals surface area (Å²) in [6.07, 6.45) is 8.00. The summed E-state index contributed by atoms with van der Waals surface area (Å²) in [5.74, 6) is 0. The lowest BCUT2D eigenvalue weighted by Gasteiger charge is -2.43. The largest absolute Gasteiger partial charge is 0.357 e. The molecular formula is C19H22N2. The van der Waals surface area contributed by atoms with Crippen LogP contribution in [-0.4, -0.2) is 23.0 Å². The van der Waals surface area contributed by atoms with Crippen molar-refractivity contribution in [3.8, 4) is 0 Å². The number of aromatic amines is 1. The maximum atomic E-state index is 3.77. The van der Waals surface area contributed by atoms with Crippen LogP contribution in [0.2, 0.25) is 0 Å². The highest BCUT2D eigenvalue weighted by atomic mass is 15.2. The Morgan fingerprint density at radius 3 is 2.81 bits per heavy atom. The lowest BCUT2D eigenvalue weighted by Crippen LogP contribution is -2.40. The molecule has 2 aromatic rings. The van der Waals surface area contributed by atoms with Crippen molar-refractivity contribution in [2.75, 3.05) is 13.1 Å². The Kier molecular flexibility index (Phi) is 2.57. The van der Waals surface area contributed by atoms with Crippen LogP contribution in [0.3, 0.4) is 0 Å². The Hall–Kier alpha value is -1.54. The van der Waals surface area contributed by atoms with E-state index in [-0.39, 0.29) is 0 Å². The molecule has 5 rings (SSSR count). The molecular weight excluding hydrogens is 256 g/mol. The molecule has 1 aliphatic carbocycles. The minimum Gasteiger partial charge on any atom is -0.357 e. The topological polar surface area (TPSA) is 19.0 Å². The maximum Gasteiger partial charge on any atom is 0.0719 e. The second-order valence-electron chi connectivity index (χ2n) is 6.84. The van der Waals surface area contributed by atoms with Crippen LogP contribution in [0.15, 0.2) is 35.4 Å². The van der Waals surface area contributed by atoms with E-state index >= 15 is 0 Å². The highest BCUT2D eigenvalue weighted by Crippen LogP contribution is 2.46. The molecule has 0 fully saturated rings. The van der Waals surface area contributed by atoms with Crippen molar-refractivity contribution in [3.05, 3.63) is 46.7 Å². The number of fused-ring (bicyclic) bond motifs is 6. The van der Waals surface area contributed by atoms with Crippen LogP contribution in [0.5, 0.6) is 0 Å². The van der Waals surface area contributed by atoms with Gasteiger partial charge in [0.2, 0.25) is 0 Å². The summed E-state index contributed by atoms with van der Waals surface area (Å²) < 4.78 is 0. The second kappa shape index (κ2) is 4.48. The zero-order valence-corrected chi connectivity index (χ0v) is 12.5. The molecule has 1 atom stereocenters. The molecule has 2 aliphatic heterocycles. The van der Waals surface area contributed by atoms with Crippen LogP contribution < -0.4 is 0 Å². The van der Waals surface area contributed by atoms with E-state index in [9.17, 15) is 0 Å². The smallest absolute Gasteiger partial charge is 0.0719 e. The number of hydrogen-bond donors (Lipinski definition) is 1. The first kappa shape index (κ1) is 12.0. The van der Waals surface area contributed by atoms with Crippen LogP contribution in [0.1, 0.15) is 49.4 Å². The number of H-pyrrole nitrogens is 1. The molecule has 21 heavy (non-hydrogen) atoms. The minimum absolute atomic E-state index is 0.560. The van der Waals surface area contributed by atoms with Gasteiger partial charge in [0, 0.05) is 29.7 Å². The van der Waals surface area contributed by atoms with E-state index in [1.54, 1.807) is 16.7 Å². The molecule has 108 valence electrons. The number of aromatic nitrogens is 1. The molecule has 1 aromatic carbocycles. The Balaban J connectivity index is 1.72. The van der Waals surface area contributed by atoms with Crippen molar-refractivity contribution in [2.24, 2.45) is 0 Å². The Labute approximate surface area is 125 Å². The van der Waals surface area contributed by atoms with Crippen molar-refractivity contribution in [2.45, 2.75) is 44.6 Å². The Morgan fingerprint density at radius 1 is 0.952 bits per heavy atom. The number of benzene rings is 1. The van der Waals surface area contributed by atoms with Crippen LogP contribution in [0.4, 0.5) is 0 Å². The summed E-state index contributed by atoms with van der Waals surface area (Å²) in [5, 5.41) is 1.45. The molecule has 0 bridgehead atoms. The third-order valence-electron chi connectivity index (χ3n) is 5.79. The summed E-state index contributed by atoms with van der Waals surface area (Å²) in [6.45, 7) is 2.49. The lowest BCUT2D eigenvalue weighted by atomic mass is 9.79. The lowest BCUT2D eigenvalue weighted by molar-refractivity contribution is 0.187. The van der Waals surface area contributed by atoms with Crippen LogP contribution in [-0.2, 0) is 6.42 Å². The molecule has 0 saturated heterocycles. The van der Waals surface area contributed by atoms with E-state index in [0.29, 0.717) is 6.04 Å². The van der Waals surface area contributed by atoms with Gasteiger partial charge in [-0.3, -0.25) is 4.90 Å². The second-order valence-corrected chi connectivity index (χ2v) is 6.84. The van der Waals surface area contributed by atoms with E-state index < -0.39 is 0 Å². The van der Waals surface area contributed by atoms with Crippen LogP contribution in [0.25, 0.3) is 10.9 Å². The first-order chi connectivity index (χ1) is 10.4. The summed E-state index contributed by atoms with van der Waals surface area (Å²) in [7, 11) is 0. The average Bonchev–Trinajstić information content (AvgIpc) is 2.93. The van der Waals surface area contributed by atoms with Gasteiger partial charge < -0.3 is 4.98 Å². The predicted molar refractivity (Wildman–Crippen MR) is 86.4 cm³/mol. The van der Waals surface area contributed by atoms with Gasteiger partial charge in [-0.05, 0) is 55.7 Å². The quantitative estimate of drug-likeness (QED) is 0.710.